The minimum atomic E-state index is -0.857. The van der Waals surface area contributed by atoms with E-state index in [1.54, 1.807) is 0 Å². The summed E-state index contributed by atoms with van der Waals surface area (Å²) in [7, 11) is 0. The van der Waals surface area contributed by atoms with Gasteiger partial charge in [-0.2, -0.15) is 0 Å². The van der Waals surface area contributed by atoms with Crippen molar-refractivity contribution in [3.8, 4) is 0 Å². The molecule has 0 bridgehead atoms. The predicted molar refractivity (Wildman–Crippen MR) is 72.1 cm³/mol. The molecule has 0 aromatic heterocycles. The van der Waals surface area contributed by atoms with Crippen molar-refractivity contribution in [2.45, 2.75) is 6.92 Å². The Hall–Kier alpha value is -2.83. The monoisotopic (exact) mass is 292 g/mol. The smallest absolute Gasteiger partial charge is 0.285 e. The lowest BCUT2D eigenvalue weighted by Crippen LogP contribution is -2.14. The van der Waals surface area contributed by atoms with E-state index in [1.165, 1.54) is 25.1 Å². The van der Waals surface area contributed by atoms with Gasteiger partial charge < -0.3 is 5.32 Å². The number of nitrogens with zero attached hydrogens (tertiary/aromatic N) is 1. The number of carbonyl (C=O) groups excluding carboxylic acids is 1. The third kappa shape index (κ3) is 3.19. The molecular formula is C14H10F2N2O3. The van der Waals surface area contributed by atoms with Gasteiger partial charge in [0.2, 0.25) is 0 Å². The summed E-state index contributed by atoms with van der Waals surface area (Å²) >= 11 is 0. The molecule has 21 heavy (non-hydrogen) atoms. The molecular weight excluding hydrogens is 282 g/mol. The third-order valence-corrected chi connectivity index (χ3v) is 2.79. The number of amides is 1. The highest BCUT2D eigenvalue weighted by atomic mass is 19.1. The molecule has 0 aliphatic heterocycles. The van der Waals surface area contributed by atoms with E-state index in [4.69, 9.17) is 0 Å². The first kappa shape index (κ1) is 14.6. The maximum atomic E-state index is 13.1. The molecule has 0 saturated heterocycles. The zero-order valence-electron chi connectivity index (χ0n) is 10.9. The molecule has 0 saturated carbocycles. The molecule has 0 heterocycles. The Morgan fingerprint density at radius 3 is 2.38 bits per heavy atom. The van der Waals surface area contributed by atoms with Gasteiger partial charge in [-0.25, -0.2) is 8.78 Å². The van der Waals surface area contributed by atoms with Crippen molar-refractivity contribution in [2.24, 2.45) is 0 Å². The lowest BCUT2D eigenvalue weighted by atomic mass is 10.1. The highest BCUT2D eigenvalue weighted by molar-refractivity contribution is 6.07. The standard InChI is InChI=1S/C14H10F2N2O3/c1-8-3-2-4-12(13(8)18(20)21)14(19)17-11-6-9(15)5-10(16)7-11/h2-7H,1H3,(H,17,19). The molecule has 5 nitrogen and oxygen atoms in total. The molecule has 0 atom stereocenters. The average molecular weight is 292 g/mol. The van der Waals surface area contributed by atoms with Gasteiger partial charge in [0, 0.05) is 17.3 Å². The number of rotatable bonds is 3. The highest BCUT2D eigenvalue weighted by Gasteiger charge is 2.22. The zero-order chi connectivity index (χ0) is 15.6. The van der Waals surface area contributed by atoms with Gasteiger partial charge >= 0.3 is 0 Å². The minimum Gasteiger partial charge on any atom is -0.322 e. The van der Waals surface area contributed by atoms with Crippen LogP contribution in [0.15, 0.2) is 36.4 Å². The topological polar surface area (TPSA) is 72.2 Å². The highest BCUT2D eigenvalue weighted by Crippen LogP contribution is 2.24. The SMILES string of the molecule is Cc1cccc(C(=O)Nc2cc(F)cc(F)c2)c1[N+](=O)[O-]. The van der Waals surface area contributed by atoms with E-state index in [0.717, 1.165) is 12.1 Å². The van der Waals surface area contributed by atoms with E-state index in [1.807, 2.05) is 0 Å². The molecule has 0 aliphatic rings. The summed E-state index contributed by atoms with van der Waals surface area (Å²) in [6.45, 7) is 1.50. The summed E-state index contributed by atoms with van der Waals surface area (Å²) in [6, 6.07) is 6.76. The Labute approximate surface area is 118 Å². The van der Waals surface area contributed by atoms with Gasteiger partial charge in [0.15, 0.2) is 0 Å². The molecule has 0 unspecified atom stereocenters. The van der Waals surface area contributed by atoms with Crippen LogP contribution in [0.4, 0.5) is 20.2 Å². The van der Waals surface area contributed by atoms with Gasteiger partial charge in [0.1, 0.15) is 17.2 Å². The maximum absolute atomic E-state index is 13.1. The van der Waals surface area contributed by atoms with Crippen LogP contribution in [0.1, 0.15) is 15.9 Å². The molecule has 0 fully saturated rings. The van der Waals surface area contributed by atoms with Crippen molar-refractivity contribution < 1.29 is 18.5 Å². The van der Waals surface area contributed by atoms with Gasteiger partial charge in [-0.3, -0.25) is 14.9 Å². The van der Waals surface area contributed by atoms with Crippen LogP contribution in [0.3, 0.4) is 0 Å². The first-order valence-corrected chi connectivity index (χ1v) is 5.90. The number of nitrogens with one attached hydrogen (secondary N) is 1. The second kappa shape index (κ2) is 5.66. The molecule has 7 heteroatoms. The van der Waals surface area contributed by atoms with Crippen molar-refractivity contribution >= 4 is 17.3 Å². The minimum absolute atomic E-state index is 0.117. The molecule has 2 rings (SSSR count). The lowest BCUT2D eigenvalue weighted by molar-refractivity contribution is -0.385. The summed E-state index contributed by atoms with van der Waals surface area (Å²) in [6.07, 6.45) is 0. The zero-order valence-corrected chi connectivity index (χ0v) is 10.9. The summed E-state index contributed by atoms with van der Waals surface area (Å²) in [5, 5.41) is 13.3. The number of halogens is 2. The van der Waals surface area contributed by atoms with Crippen molar-refractivity contribution in [3.63, 3.8) is 0 Å². The maximum Gasteiger partial charge on any atom is 0.285 e. The van der Waals surface area contributed by atoms with Crippen LogP contribution in [0.5, 0.6) is 0 Å². The summed E-state index contributed by atoms with van der Waals surface area (Å²) in [5.74, 6) is -2.52. The average Bonchev–Trinajstić information content (AvgIpc) is 2.36. The number of carbonyl (C=O) groups is 1. The van der Waals surface area contributed by atoms with Gasteiger partial charge in [-0.15, -0.1) is 0 Å². The largest absolute Gasteiger partial charge is 0.322 e. The van der Waals surface area contributed by atoms with Gasteiger partial charge in [-0.1, -0.05) is 12.1 Å². The normalized spacial score (nSPS) is 10.2. The van der Waals surface area contributed by atoms with E-state index >= 15 is 0 Å². The fourth-order valence-corrected chi connectivity index (χ4v) is 1.91. The number of hydrogen-bond donors (Lipinski definition) is 1. The predicted octanol–water partition coefficient (Wildman–Crippen LogP) is 3.43. The fourth-order valence-electron chi connectivity index (χ4n) is 1.91. The molecule has 0 aliphatic carbocycles. The summed E-state index contributed by atoms with van der Waals surface area (Å²) in [4.78, 5) is 22.4. The quantitative estimate of drug-likeness (QED) is 0.695. The lowest BCUT2D eigenvalue weighted by Gasteiger charge is -2.07. The first-order valence-electron chi connectivity index (χ1n) is 5.90. The van der Waals surface area contributed by atoms with Crippen LogP contribution in [-0.2, 0) is 0 Å². The second-order valence-electron chi connectivity index (χ2n) is 4.34. The third-order valence-electron chi connectivity index (χ3n) is 2.79. The second-order valence-corrected chi connectivity index (χ2v) is 4.34. The molecule has 0 radical (unpaired) electrons. The summed E-state index contributed by atoms with van der Waals surface area (Å²) in [5.41, 5.74) is -0.317. The molecule has 1 N–H and O–H groups in total. The number of para-hydroxylation sites is 1. The van der Waals surface area contributed by atoms with Crippen molar-refractivity contribution in [3.05, 3.63) is 69.3 Å². The van der Waals surface area contributed by atoms with Gasteiger partial charge in [0.05, 0.1) is 4.92 Å². The fraction of sp³-hybridized carbons (Fsp3) is 0.0714. The Morgan fingerprint density at radius 1 is 1.19 bits per heavy atom. The van der Waals surface area contributed by atoms with Crippen LogP contribution >= 0.6 is 0 Å². The van der Waals surface area contributed by atoms with Crippen LogP contribution < -0.4 is 5.32 Å². The van der Waals surface area contributed by atoms with Crippen molar-refractivity contribution in [1.29, 1.82) is 0 Å². The van der Waals surface area contributed by atoms with E-state index in [0.29, 0.717) is 11.6 Å². The molecule has 0 spiro atoms. The number of aryl methyl sites for hydroxylation is 1. The Bertz CT molecular complexity index is 712. The molecule has 2 aromatic carbocycles. The van der Waals surface area contributed by atoms with Crippen LogP contribution in [0.2, 0.25) is 0 Å². The number of hydrogen-bond acceptors (Lipinski definition) is 3. The summed E-state index contributed by atoms with van der Waals surface area (Å²) < 4.78 is 26.1. The Morgan fingerprint density at radius 2 is 1.81 bits per heavy atom. The molecule has 2 aromatic rings. The van der Waals surface area contributed by atoms with E-state index in [-0.39, 0.29) is 16.9 Å². The van der Waals surface area contributed by atoms with E-state index < -0.39 is 22.5 Å². The molecule has 1 amide bonds. The number of anilines is 1. The Balaban J connectivity index is 2.37. The van der Waals surface area contributed by atoms with Crippen molar-refractivity contribution in [2.75, 3.05) is 5.32 Å². The number of nitro groups is 1. The van der Waals surface area contributed by atoms with Crippen LogP contribution in [-0.4, -0.2) is 10.8 Å². The van der Waals surface area contributed by atoms with Gasteiger partial charge in [0.25, 0.3) is 11.6 Å². The number of nitro benzene ring substituents is 1. The van der Waals surface area contributed by atoms with Gasteiger partial charge in [-0.05, 0) is 25.1 Å². The molecule has 108 valence electrons. The van der Waals surface area contributed by atoms with Crippen LogP contribution in [0, 0.1) is 28.7 Å². The van der Waals surface area contributed by atoms with E-state index in [9.17, 15) is 23.7 Å². The number of benzene rings is 2. The van der Waals surface area contributed by atoms with E-state index in [2.05, 4.69) is 5.32 Å². The van der Waals surface area contributed by atoms with Crippen LogP contribution in [0.25, 0.3) is 0 Å². The Kier molecular flexibility index (Phi) is 3.93. The first-order chi connectivity index (χ1) is 9.88. The van der Waals surface area contributed by atoms with Crippen molar-refractivity contribution in [1.82, 2.24) is 0 Å².